The number of benzene rings is 2. The lowest BCUT2D eigenvalue weighted by molar-refractivity contribution is -0.137. The van der Waals surface area contributed by atoms with Crippen LogP contribution in [0.3, 0.4) is 0 Å². The molecule has 6 nitrogen and oxygen atoms in total. The van der Waals surface area contributed by atoms with Crippen LogP contribution in [-0.2, 0) is 23.2 Å². The summed E-state index contributed by atoms with van der Waals surface area (Å²) in [5, 5.41) is 2.56. The van der Waals surface area contributed by atoms with E-state index >= 15 is 0 Å². The summed E-state index contributed by atoms with van der Waals surface area (Å²) in [6.07, 6.45) is -2.02. The Bertz CT molecular complexity index is 1260. The molecule has 176 valence electrons. The molecule has 2 atom stereocenters. The zero-order chi connectivity index (χ0) is 24.0. The van der Waals surface area contributed by atoms with Crippen molar-refractivity contribution >= 4 is 15.7 Å². The van der Waals surface area contributed by atoms with E-state index < -0.39 is 51.0 Å². The predicted molar refractivity (Wildman–Crippen MR) is 110 cm³/mol. The quantitative estimate of drug-likeness (QED) is 0.554. The number of sulfonamides is 1. The maximum atomic E-state index is 14.4. The van der Waals surface area contributed by atoms with Gasteiger partial charge in [-0.2, -0.15) is 17.5 Å². The first-order valence-corrected chi connectivity index (χ1v) is 11.3. The highest BCUT2D eigenvalue weighted by Crippen LogP contribution is 2.36. The summed E-state index contributed by atoms with van der Waals surface area (Å²) < 4.78 is 95.9. The molecule has 2 heterocycles. The first kappa shape index (κ1) is 23.2. The first-order valence-electron chi connectivity index (χ1n) is 9.82. The largest absolute Gasteiger partial charge is 0.416 e. The zero-order valence-electron chi connectivity index (χ0n) is 17.2. The minimum atomic E-state index is -4.68. The van der Waals surface area contributed by atoms with Gasteiger partial charge < -0.3 is 9.88 Å². The molecule has 0 spiro atoms. The van der Waals surface area contributed by atoms with Crippen molar-refractivity contribution in [2.24, 2.45) is 7.05 Å². The van der Waals surface area contributed by atoms with Gasteiger partial charge in [0, 0.05) is 38.3 Å². The standard InChI is InChI=1S/C21H19F5N4O2S/c1-29-11-20(27-12-29)33(31,32)30-9-16(13-2-5-15(22)6-3-13)19(10-30)28-18-8-14(21(24,25)26)4-7-17(18)23/h2-8,11-12,16,19,28H,9-10H2,1H3/t16-,19+/m0/s1. The minimum Gasteiger partial charge on any atom is -0.378 e. The van der Waals surface area contributed by atoms with Crippen LogP contribution in [0, 0.1) is 11.6 Å². The topological polar surface area (TPSA) is 67.2 Å². The number of imidazole rings is 1. The van der Waals surface area contributed by atoms with Gasteiger partial charge in [-0.15, -0.1) is 0 Å². The molecule has 0 aliphatic carbocycles. The maximum absolute atomic E-state index is 14.4. The molecule has 12 heteroatoms. The van der Waals surface area contributed by atoms with Crippen LogP contribution in [0.2, 0.25) is 0 Å². The second kappa shape index (κ2) is 8.41. The van der Waals surface area contributed by atoms with Gasteiger partial charge in [0.25, 0.3) is 10.0 Å². The van der Waals surface area contributed by atoms with E-state index in [2.05, 4.69) is 10.3 Å². The number of rotatable bonds is 5. The van der Waals surface area contributed by atoms with E-state index in [1.807, 2.05) is 0 Å². The minimum absolute atomic E-state index is 0.0528. The third-order valence-corrected chi connectivity index (χ3v) is 7.22. The SMILES string of the molecule is Cn1cnc(S(=O)(=O)N2C[C@@H](Nc3cc(C(F)(F)F)ccc3F)[C@H](c3ccc(F)cc3)C2)c1. The Hall–Kier alpha value is -2.99. The molecule has 3 aromatic rings. The van der Waals surface area contributed by atoms with Crippen molar-refractivity contribution in [3.05, 3.63) is 77.8 Å². The number of hydrogen-bond donors (Lipinski definition) is 1. The van der Waals surface area contributed by atoms with E-state index in [4.69, 9.17) is 0 Å². The molecular formula is C21H19F5N4O2S. The van der Waals surface area contributed by atoms with Gasteiger partial charge >= 0.3 is 6.18 Å². The fourth-order valence-electron chi connectivity index (χ4n) is 3.82. The highest BCUT2D eigenvalue weighted by Gasteiger charge is 2.41. The van der Waals surface area contributed by atoms with Crippen LogP contribution in [-0.4, -0.2) is 41.4 Å². The molecule has 2 aromatic carbocycles. The molecule has 1 aliphatic heterocycles. The molecule has 0 amide bonds. The number of nitrogens with zero attached hydrogens (tertiary/aromatic N) is 3. The lowest BCUT2D eigenvalue weighted by atomic mass is 9.94. The van der Waals surface area contributed by atoms with Crippen LogP contribution >= 0.6 is 0 Å². The smallest absolute Gasteiger partial charge is 0.378 e. The summed E-state index contributed by atoms with van der Waals surface area (Å²) in [5.74, 6) is -1.99. The number of nitrogens with one attached hydrogen (secondary N) is 1. The van der Waals surface area contributed by atoms with Crippen LogP contribution in [0.15, 0.2) is 60.0 Å². The maximum Gasteiger partial charge on any atom is 0.416 e. The summed E-state index contributed by atoms with van der Waals surface area (Å²) in [6, 6.07) is 6.53. The van der Waals surface area contributed by atoms with Crippen molar-refractivity contribution in [3.63, 3.8) is 0 Å². The van der Waals surface area contributed by atoms with Gasteiger partial charge in [0.2, 0.25) is 0 Å². The Morgan fingerprint density at radius 1 is 1.06 bits per heavy atom. The van der Waals surface area contributed by atoms with E-state index in [1.165, 1.54) is 41.4 Å². The third kappa shape index (κ3) is 4.71. The summed E-state index contributed by atoms with van der Waals surface area (Å²) >= 11 is 0. The van der Waals surface area contributed by atoms with Gasteiger partial charge in [0.1, 0.15) is 11.6 Å². The van der Waals surface area contributed by atoms with Crippen molar-refractivity contribution in [1.29, 1.82) is 0 Å². The molecular weight excluding hydrogens is 467 g/mol. The van der Waals surface area contributed by atoms with E-state index in [0.29, 0.717) is 23.8 Å². The van der Waals surface area contributed by atoms with Crippen LogP contribution in [0.4, 0.5) is 27.6 Å². The first-order chi connectivity index (χ1) is 15.4. The lowest BCUT2D eigenvalue weighted by Crippen LogP contribution is -2.32. The van der Waals surface area contributed by atoms with Gasteiger partial charge in [-0.1, -0.05) is 12.1 Å². The van der Waals surface area contributed by atoms with Crippen LogP contribution in [0.25, 0.3) is 0 Å². The number of halogens is 5. The monoisotopic (exact) mass is 486 g/mol. The predicted octanol–water partition coefficient (Wildman–Crippen LogP) is 3.99. The molecule has 0 saturated carbocycles. The van der Waals surface area contributed by atoms with E-state index in [0.717, 1.165) is 4.31 Å². The fraction of sp³-hybridized carbons (Fsp3) is 0.286. The second-order valence-corrected chi connectivity index (χ2v) is 9.69. The summed E-state index contributed by atoms with van der Waals surface area (Å²) in [7, 11) is -2.41. The molecule has 1 N–H and O–H groups in total. The average Bonchev–Trinajstić information content (AvgIpc) is 3.37. The number of aromatic nitrogens is 2. The molecule has 1 aliphatic rings. The van der Waals surface area contributed by atoms with Crippen LogP contribution in [0.5, 0.6) is 0 Å². The zero-order valence-corrected chi connectivity index (χ0v) is 18.0. The molecule has 1 saturated heterocycles. The van der Waals surface area contributed by atoms with E-state index in [-0.39, 0.29) is 18.1 Å². The molecule has 1 fully saturated rings. The molecule has 1 aromatic heterocycles. The van der Waals surface area contributed by atoms with E-state index in [9.17, 15) is 30.4 Å². The van der Waals surface area contributed by atoms with Crippen molar-refractivity contribution in [3.8, 4) is 0 Å². The molecule has 33 heavy (non-hydrogen) atoms. The summed E-state index contributed by atoms with van der Waals surface area (Å²) in [6.45, 7) is -0.209. The molecule has 0 unspecified atom stereocenters. The van der Waals surface area contributed by atoms with E-state index in [1.54, 1.807) is 7.05 Å². The Morgan fingerprint density at radius 2 is 1.76 bits per heavy atom. The Kier molecular flexibility index (Phi) is 5.91. The fourth-order valence-corrected chi connectivity index (χ4v) is 5.28. The van der Waals surface area contributed by atoms with Crippen molar-refractivity contribution in [1.82, 2.24) is 13.9 Å². The van der Waals surface area contributed by atoms with Crippen LogP contribution < -0.4 is 5.32 Å². The number of alkyl halides is 3. The van der Waals surface area contributed by atoms with Crippen molar-refractivity contribution < 1.29 is 30.4 Å². The van der Waals surface area contributed by atoms with Gasteiger partial charge in [-0.25, -0.2) is 22.2 Å². The number of aryl methyl sites for hydroxylation is 1. The van der Waals surface area contributed by atoms with Gasteiger partial charge in [-0.3, -0.25) is 0 Å². The Morgan fingerprint density at radius 3 is 2.36 bits per heavy atom. The number of anilines is 1. The van der Waals surface area contributed by atoms with Gasteiger partial charge in [-0.05, 0) is 35.9 Å². The average molecular weight is 486 g/mol. The highest BCUT2D eigenvalue weighted by molar-refractivity contribution is 7.89. The highest BCUT2D eigenvalue weighted by atomic mass is 32.2. The molecule has 0 bridgehead atoms. The number of hydrogen-bond acceptors (Lipinski definition) is 4. The molecule has 4 rings (SSSR count). The molecule has 0 radical (unpaired) electrons. The summed E-state index contributed by atoms with van der Waals surface area (Å²) in [4.78, 5) is 3.88. The summed E-state index contributed by atoms with van der Waals surface area (Å²) in [5.41, 5.74) is -0.889. The Balaban J connectivity index is 1.69. The van der Waals surface area contributed by atoms with Crippen LogP contribution in [0.1, 0.15) is 17.0 Å². The lowest BCUT2D eigenvalue weighted by Gasteiger charge is -2.22. The normalized spacial score (nSPS) is 19.7. The van der Waals surface area contributed by atoms with Crippen molar-refractivity contribution in [2.45, 2.75) is 23.2 Å². The van der Waals surface area contributed by atoms with Gasteiger partial charge in [0.05, 0.1) is 17.6 Å². The second-order valence-electron chi connectivity index (χ2n) is 7.80. The Labute approximate surface area is 186 Å². The van der Waals surface area contributed by atoms with Gasteiger partial charge in [0.15, 0.2) is 5.03 Å². The third-order valence-electron chi connectivity index (χ3n) is 5.50. The van der Waals surface area contributed by atoms with Crippen molar-refractivity contribution in [2.75, 3.05) is 18.4 Å².